The largest absolute Gasteiger partial charge is 0.366 e. The Kier molecular flexibility index (Phi) is 6.26. The number of piperidine rings is 1. The summed E-state index contributed by atoms with van der Waals surface area (Å²) in [6.07, 6.45) is 1.93. The first kappa shape index (κ1) is 20.3. The molecule has 0 atom stereocenters. The zero-order valence-corrected chi connectivity index (χ0v) is 17.5. The van der Waals surface area contributed by atoms with E-state index in [9.17, 15) is 9.59 Å². The minimum atomic E-state index is -0.442. The van der Waals surface area contributed by atoms with Gasteiger partial charge in [-0.1, -0.05) is 42.5 Å². The lowest BCUT2D eigenvalue weighted by Gasteiger charge is -2.32. The number of benzene rings is 2. The molecule has 1 saturated heterocycles. The van der Waals surface area contributed by atoms with E-state index in [4.69, 9.17) is 5.73 Å². The summed E-state index contributed by atoms with van der Waals surface area (Å²) in [5.41, 5.74) is 8.07. The van der Waals surface area contributed by atoms with Crippen LogP contribution in [-0.2, 0) is 6.54 Å². The summed E-state index contributed by atoms with van der Waals surface area (Å²) in [5, 5.41) is 3.19. The van der Waals surface area contributed by atoms with Crippen molar-refractivity contribution in [1.29, 1.82) is 0 Å². The second-order valence-corrected chi connectivity index (χ2v) is 8.70. The minimum Gasteiger partial charge on any atom is -0.366 e. The summed E-state index contributed by atoms with van der Waals surface area (Å²) in [5.74, 6) is -0.455. The molecule has 0 spiro atoms. The van der Waals surface area contributed by atoms with Crippen LogP contribution in [0, 0.1) is 0 Å². The van der Waals surface area contributed by atoms with Crippen LogP contribution in [0.1, 0.15) is 38.4 Å². The van der Waals surface area contributed by atoms with Crippen LogP contribution in [0.5, 0.6) is 0 Å². The molecule has 30 heavy (non-hydrogen) atoms. The number of nitrogens with one attached hydrogen (secondary N) is 1. The maximum Gasteiger partial charge on any atom is 0.261 e. The smallest absolute Gasteiger partial charge is 0.261 e. The van der Waals surface area contributed by atoms with E-state index in [-0.39, 0.29) is 11.9 Å². The van der Waals surface area contributed by atoms with Crippen molar-refractivity contribution in [2.75, 3.05) is 13.1 Å². The molecule has 2 amide bonds. The van der Waals surface area contributed by atoms with E-state index in [1.807, 2.05) is 30.3 Å². The van der Waals surface area contributed by atoms with Gasteiger partial charge in [-0.3, -0.25) is 14.5 Å². The number of nitrogens with two attached hydrogens (primary N) is 1. The van der Waals surface area contributed by atoms with Gasteiger partial charge >= 0.3 is 0 Å². The summed E-state index contributed by atoms with van der Waals surface area (Å²) in [6, 6.07) is 21.7. The number of carbonyl (C=O) groups excluding carboxylic acids is 2. The van der Waals surface area contributed by atoms with Crippen molar-refractivity contribution in [2.45, 2.75) is 25.4 Å². The highest BCUT2D eigenvalue weighted by atomic mass is 32.1. The van der Waals surface area contributed by atoms with Crippen molar-refractivity contribution < 1.29 is 9.59 Å². The van der Waals surface area contributed by atoms with Gasteiger partial charge in [0.2, 0.25) is 5.91 Å². The number of thiophene rings is 1. The number of likely N-dealkylation sites (tertiary alicyclic amines) is 1. The van der Waals surface area contributed by atoms with E-state index in [1.54, 1.807) is 12.1 Å². The molecule has 2 aromatic carbocycles. The summed E-state index contributed by atoms with van der Waals surface area (Å²) in [4.78, 5) is 28.1. The molecule has 1 fully saturated rings. The van der Waals surface area contributed by atoms with Gasteiger partial charge in [0, 0.05) is 36.1 Å². The molecule has 0 saturated carbocycles. The molecule has 3 aromatic rings. The average molecular weight is 420 g/mol. The third kappa shape index (κ3) is 4.96. The molecule has 4 rings (SSSR count). The topological polar surface area (TPSA) is 75.4 Å². The molecule has 1 aromatic heterocycles. The summed E-state index contributed by atoms with van der Waals surface area (Å²) in [6.45, 7) is 2.94. The number of hydrogen-bond acceptors (Lipinski definition) is 4. The van der Waals surface area contributed by atoms with Crippen LogP contribution in [-0.4, -0.2) is 35.8 Å². The second kappa shape index (κ2) is 9.24. The van der Waals surface area contributed by atoms with Crippen LogP contribution in [0.3, 0.4) is 0 Å². The van der Waals surface area contributed by atoms with Crippen molar-refractivity contribution >= 4 is 23.2 Å². The number of primary amides is 1. The fourth-order valence-corrected chi connectivity index (χ4v) is 4.66. The fourth-order valence-electron chi connectivity index (χ4n) is 3.75. The molecule has 154 valence electrons. The van der Waals surface area contributed by atoms with Crippen LogP contribution < -0.4 is 11.1 Å². The molecule has 0 bridgehead atoms. The van der Waals surface area contributed by atoms with E-state index in [0.717, 1.165) is 42.9 Å². The lowest BCUT2D eigenvalue weighted by atomic mass is 10.0. The lowest BCUT2D eigenvalue weighted by Crippen LogP contribution is -2.44. The Balaban J connectivity index is 1.30. The summed E-state index contributed by atoms with van der Waals surface area (Å²) in [7, 11) is 0. The molecule has 3 N–H and O–H groups in total. The Morgan fingerprint density at radius 3 is 2.33 bits per heavy atom. The highest BCUT2D eigenvalue weighted by Gasteiger charge is 2.22. The van der Waals surface area contributed by atoms with E-state index in [1.165, 1.54) is 16.9 Å². The first-order valence-electron chi connectivity index (χ1n) is 10.2. The first-order chi connectivity index (χ1) is 14.6. The molecular weight excluding hydrogens is 394 g/mol. The maximum atomic E-state index is 12.7. The quantitative estimate of drug-likeness (QED) is 0.636. The van der Waals surface area contributed by atoms with Gasteiger partial charge in [0.15, 0.2) is 0 Å². The molecular formula is C24H25N3O2S. The molecule has 0 radical (unpaired) electrons. The van der Waals surface area contributed by atoms with Gasteiger partial charge in [0.1, 0.15) is 0 Å². The molecule has 5 nitrogen and oxygen atoms in total. The van der Waals surface area contributed by atoms with Crippen molar-refractivity contribution in [3.05, 3.63) is 82.7 Å². The fraction of sp³-hybridized carbons (Fsp3) is 0.250. The summed E-state index contributed by atoms with van der Waals surface area (Å²) >= 11 is 1.46. The van der Waals surface area contributed by atoms with Crippen molar-refractivity contribution in [3.8, 4) is 10.4 Å². The highest BCUT2D eigenvalue weighted by molar-refractivity contribution is 7.17. The predicted octanol–water partition coefficient (Wildman–Crippen LogP) is 3.91. The average Bonchev–Trinajstić information content (AvgIpc) is 3.26. The number of carbonyl (C=O) groups is 2. The number of nitrogens with zero attached hydrogens (tertiary/aromatic N) is 1. The van der Waals surface area contributed by atoms with Gasteiger partial charge in [-0.2, -0.15) is 0 Å². The van der Waals surface area contributed by atoms with Gasteiger partial charge in [-0.15, -0.1) is 11.3 Å². The van der Waals surface area contributed by atoms with Crippen LogP contribution >= 0.6 is 11.3 Å². The van der Waals surface area contributed by atoms with Crippen molar-refractivity contribution in [1.82, 2.24) is 10.2 Å². The Hall–Kier alpha value is -2.96. The van der Waals surface area contributed by atoms with Gasteiger partial charge in [-0.05, 0) is 48.2 Å². The van der Waals surface area contributed by atoms with E-state index in [0.29, 0.717) is 10.4 Å². The predicted molar refractivity (Wildman–Crippen MR) is 120 cm³/mol. The van der Waals surface area contributed by atoms with E-state index < -0.39 is 5.91 Å². The van der Waals surface area contributed by atoms with E-state index in [2.05, 4.69) is 34.5 Å². The Morgan fingerprint density at radius 1 is 0.967 bits per heavy atom. The van der Waals surface area contributed by atoms with Crippen molar-refractivity contribution in [2.24, 2.45) is 5.73 Å². The van der Waals surface area contributed by atoms with Crippen LogP contribution in [0.2, 0.25) is 0 Å². The normalized spacial score (nSPS) is 15.1. The van der Waals surface area contributed by atoms with Crippen molar-refractivity contribution in [3.63, 3.8) is 0 Å². The van der Waals surface area contributed by atoms with Crippen LogP contribution in [0.4, 0.5) is 0 Å². The third-order valence-electron chi connectivity index (χ3n) is 5.46. The van der Waals surface area contributed by atoms with Gasteiger partial charge in [-0.25, -0.2) is 0 Å². The second-order valence-electron chi connectivity index (χ2n) is 7.61. The number of amides is 2. The lowest BCUT2D eigenvalue weighted by molar-refractivity contribution is 0.0912. The molecule has 0 unspecified atom stereocenters. The summed E-state index contributed by atoms with van der Waals surface area (Å²) < 4.78 is 0. The third-order valence-corrected chi connectivity index (χ3v) is 6.59. The Labute approximate surface area is 180 Å². The minimum absolute atomic E-state index is 0.0125. The first-order valence-corrected chi connectivity index (χ1v) is 11.0. The van der Waals surface area contributed by atoms with Crippen LogP contribution in [0.15, 0.2) is 66.7 Å². The van der Waals surface area contributed by atoms with Gasteiger partial charge < -0.3 is 11.1 Å². The standard InChI is InChI=1S/C24H25N3O2S/c25-23(28)19-8-6-18(7-9-19)21-10-11-22(30-21)24(29)26-20-12-14-27(15-13-20)16-17-4-2-1-3-5-17/h1-11,20H,12-16H2,(H2,25,28)(H,26,29). The van der Waals surface area contributed by atoms with Crippen LogP contribution in [0.25, 0.3) is 10.4 Å². The Bertz CT molecular complexity index is 1010. The van der Waals surface area contributed by atoms with E-state index >= 15 is 0 Å². The van der Waals surface area contributed by atoms with Gasteiger partial charge in [0.25, 0.3) is 5.91 Å². The molecule has 1 aliphatic heterocycles. The molecule has 6 heteroatoms. The monoisotopic (exact) mass is 419 g/mol. The zero-order chi connectivity index (χ0) is 20.9. The Morgan fingerprint density at radius 2 is 1.67 bits per heavy atom. The highest BCUT2D eigenvalue weighted by Crippen LogP contribution is 2.28. The zero-order valence-electron chi connectivity index (χ0n) is 16.7. The maximum absolute atomic E-state index is 12.7. The molecule has 1 aliphatic rings. The SMILES string of the molecule is NC(=O)c1ccc(-c2ccc(C(=O)NC3CCN(Cc4ccccc4)CC3)s2)cc1. The number of hydrogen-bond donors (Lipinski definition) is 2. The number of rotatable bonds is 6. The molecule has 0 aliphatic carbocycles. The van der Waals surface area contributed by atoms with Gasteiger partial charge in [0.05, 0.1) is 4.88 Å². The molecule has 2 heterocycles.